The van der Waals surface area contributed by atoms with Crippen LogP contribution in [0.2, 0.25) is 10.0 Å². The van der Waals surface area contributed by atoms with Crippen LogP contribution in [0.25, 0.3) is 23.3 Å². The third-order valence-electron chi connectivity index (χ3n) is 15.1. The van der Waals surface area contributed by atoms with E-state index in [-0.39, 0.29) is 36.0 Å². The lowest BCUT2D eigenvalue weighted by molar-refractivity contribution is -0.137. The number of allylic oxidation sites excluding steroid dienone is 2. The number of rotatable bonds is 12. The fraction of sp³-hybridized carbons (Fsp3) is 0.426. The first-order chi connectivity index (χ1) is 34.5. The van der Waals surface area contributed by atoms with E-state index >= 15 is 0 Å². The average Bonchev–Trinajstić information content (AvgIpc) is 4.01. The number of likely N-dealkylation sites (tertiary alicyclic amines) is 1. The molecule has 0 saturated carbocycles. The second-order valence-electron chi connectivity index (χ2n) is 19.9. The molecule has 1 amide bonds. The molecule has 1 N–H and O–H groups in total. The Morgan fingerprint density at radius 2 is 1.17 bits per heavy atom. The number of carboxylic acid groups (broad SMARTS) is 1. The number of piperidine rings is 2. The summed E-state index contributed by atoms with van der Waals surface area (Å²) < 4.78 is 53.5. The number of nitrogens with zero attached hydrogens (tertiary/aromatic N) is 7. The summed E-state index contributed by atoms with van der Waals surface area (Å²) in [6, 6.07) is 19.8. The van der Waals surface area contributed by atoms with Crippen LogP contribution in [-0.4, -0.2) is 119 Å². The van der Waals surface area contributed by atoms with Crippen molar-refractivity contribution >= 4 is 78.4 Å². The van der Waals surface area contributed by atoms with Crippen molar-refractivity contribution in [3.05, 3.63) is 147 Å². The van der Waals surface area contributed by atoms with Crippen LogP contribution >= 0.6 is 23.2 Å². The highest BCUT2D eigenvalue weighted by Crippen LogP contribution is 2.47. The number of benzene rings is 2. The summed E-state index contributed by atoms with van der Waals surface area (Å²) in [5, 5.41) is 10.5. The number of carbonyl (C=O) groups excluding carboxylic acids is 1. The van der Waals surface area contributed by atoms with Gasteiger partial charge in [0.25, 0.3) is 0 Å². The van der Waals surface area contributed by atoms with Gasteiger partial charge in [-0.25, -0.2) is 30.4 Å². The first kappa shape index (κ1) is 51.7. The lowest BCUT2D eigenvalue weighted by Crippen LogP contribution is -2.39. The molecule has 10 rings (SSSR count). The van der Waals surface area contributed by atoms with Crippen molar-refractivity contribution in [1.82, 2.24) is 33.0 Å². The smallest absolute Gasteiger partial charge is 0.303 e. The van der Waals surface area contributed by atoms with Gasteiger partial charge in [0.1, 0.15) is 0 Å². The molecular formula is C54H61Cl2N7O7S2. The van der Waals surface area contributed by atoms with E-state index in [2.05, 4.69) is 27.8 Å². The molecule has 3 aromatic heterocycles. The summed E-state index contributed by atoms with van der Waals surface area (Å²) in [7, 11) is -6.42. The van der Waals surface area contributed by atoms with Crippen LogP contribution in [-0.2, 0) is 36.2 Å². The summed E-state index contributed by atoms with van der Waals surface area (Å²) >= 11 is 12.8. The van der Waals surface area contributed by atoms with E-state index in [1.165, 1.54) is 12.5 Å². The number of hydrogen-bond donors (Lipinski definition) is 1. The molecule has 0 bridgehead atoms. The normalized spacial score (nSPS) is 20.9. The van der Waals surface area contributed by atoms with Crippen molar-refractivity contribution < 1.29 is 31.5 Å². The molecule has 0 spiro atoms. The Bertz CT molecular complexity index is 3100. The van der Waals surface area contributed by atoms with E-state index in [0.717, 1.165) is 108 Å². The summed E-state index contributed by atoms with van der Waals surface area (Å²) in [6.07, 6.45) is 21.5. The van der Waals surface area contributed by atoms with Gasteiger partial charge >= 0.3 is 5.97 Å². The minimum atomic E-state index is -3.21. The van der Waals surface area contributed by atoms with Crippen LogP contribution in [0.5, 0.6) is 0 Å². The number of carbonyl (C=O) groups is 2. The van der Waals surface area contributed by atoms with Crippen molar-refractivity contribution in [2.24, 2.45) is 17.8 Å². The van der Waals surface area contributed by atoms with Gasteiger partial charge < -0.3 is 14.6 Å². The highest BCUT2D eigenvalue weighted by molar-refractivity contribution is 7.88. The van der Waals surface area contributed by atoms with E-state index in [1.807, 2.05) is 78.2 Å². The van der Waals surface area contributed by atoms with Gasteiger partial charge in [0.05, 0.1) is 30.2 Å². The first-order valence-corrected chi connectivity index (χ1v) is 29.2. The van der Waals surface area contributed by atoms with E-state index in [4.69, 9.17) is 33.2 Å². The molecule has 5 aliphatic rings. The molecule has 3 fully saturated rings. The molecule has 2 aromatic carbocycles. The standard InChI is InChI=1S/C31H36ClN5O3S.C23H25ClN2O4S/c1-41(39,40)37-14-9-23(10-15-37)30-27-6-5-26(32)18-25(27)17-24(28-3-2-11-34-31(28)30)4-7-29(38)36-13-8-22(20-36)19-35-16-12-33-21-35;1-31(29,30)26-11-8-15(9-12-26)22-19-6-5-18(24)14-17(19)13-16(4-7-21(27)28)20-3-2-10-25-23(20)22/h2-3,5-6,11-12,16-18,21-23,30H,4,7-10,13-15,19-20H2,1H3;2-3,5-6,10,13-15,22H,4,7-9,11-12H2,1H3,(H,27,28). The molecule has 2 aliphatic carbocycles. The number of pyridine rings is 2. The number of aromatic nitrogens is 4. The van der Waals surface area contributed by atoms with Gasteiger partial charge in [-0.2, -0.15) is 0 Å². The second-order valence-corrected chi connectivity index (χ2v) is 24.7. The van der Waals surface area contributed by atoms with Crippen LogP contribution in [0.1, 0.15) is 114 Å². The maximum Gasteiger partial charge on any atom is 0.303 e. The van der Waals surface area contributed by atoms with Gasteiger partial charge in [0.15, 0.2) is 0 Å². The van der Waals surface area contributed by atoms with E-state index in [0.29, 0.717) is 61.4 Å². The Balaban J connectivity index is 0.000000185. The highest BCUT2D eigenvalue weighted by atomic mass is 35.5. The Labute approximate surface area is 432 Å². The lowest BCUT2D eigenvalue weighted by Gasteiger charge is -2.35. The monoisotopic (exact) mass is 1050 g/mol. The van der Waals surface area contributed by atoms with Crippen LogP contribution in [0, 0.1) is 17.8 Å². The molecule has 18 heteroatoms. The van der Waals surface area contributed by atoms with Gasteiger partial charge in [-0.05, 0) is 144 Å². The van der Waals surface area contributed by atoms with Crippen molar-refractivity contribution in [3.63, 3.8) is 0 Å². The number of aliphatic carboxylic acids is 1. The first-order valence-electron chi connectivity index (χ1n) is 24.8. The number of amides is 1. The van der Waals surface area contributed by atoms with Crippen LogP contribution < -0.4 is 0 Å². The maximum atomic E-state index is 13.3. The Morgan fingerprint density at radius 3 is 1.62 bits per heavy atom. The lowest BCUT2D eigenvalue weighted by atomic mass is 9.76. The van der Waals surface area contributed by atoms with Crippen LogP contribution in [0.15, 0.2) is 91.8 Å². The zero-order valence-corrected chi connectivity index (χ0v) is 43.8. The van der Waals surface area contributed by atoms with E-state index < -0.39 is 26.0 Å². The van der Waals surface area contributed by atoms with E-state index in [9.17, 15) is 31.5 Å². The van der Waals surface area contributed by atoms with Gasteiger partial charge in [-0.1, -0.05) is 59.6 Å². The Morgan fingerprint density at radius 1 is 0.667 bits per heavy atom. The molecule has 14 nitrogen and oxygen atoms in total. The number of imidazole rings is 1. The second kappa shape index (κ2) is 22.1. The molecule has 5 aromatic rings. The zero-order chi connectivity index (χ0) is 50.7. The minimum Gasteiger partial charge on any atom is -0.481 e. The van der Waals surface area contributed by atoms with Gasteiger partial charge in [-0.15, -0.1) is 0 Å². The number of fused-ring (bicyclic) bond motifs is 4. The average molecular weight is 1060 g/mol. The molecule has 380 valence electrons. The van der Waals surface area contributed by atoms with Gasteiger partial charge in [0, 0.05) is 105 Å². The summed E-state index contributed by atoms with van der Waals surface area (Å²) in [5.41, 5.74) is 10.3. The number of halogens is 2. The van der Waals surface area contributed by atoms with Crippen LogP contribution in [0.3, 0.4) is 0 Å². The fourth-order valence-electron chi connectivity index (χ4n) is 11.6. The van der Waals surface area contributed by atoms with Crippen molar-refractivity contribution in [2.75, 3.05) is 51.8 Å². The van der Waals surface area contributed by atoms with E-state index in [1.54, 1.807) is 21.0 Å². The molecule has 3 unspecified atom stereocenters. The molecule has 3 aliphatic heterocycles. The topological polar surface area (TPSA) is 176 Å². The summed E-state index contributed by atoms with van der Waals surface area (Å²) in [6.45, 7) is 4.46. The third kappa shape index (κ3) is 11.9. The molecule has 6 heterocycles. The Kier molecular flexibility index (Phi) is 15.8. The quantitative estimate of drug-likeness (QED) is 0.127. The predicted molar refractivity (Wildman–Crippen MR) is 282 cm³/mol. The molecule has 3 saturated heterocycles. The predicted octanol–water partition coefficient (Wildman–Crippen LogP) is 9.18. The molecular weight excluding hydrogens is 994 g/mol. The number of hydrogen-bond acceptors (Lipinski definition) is 9. The third-order valence-corrected chi connectivity index (χ3v) is 18.2. The minimum absolute atomic E-state index is 0.0104. The molecule has 0 radical (unpaired) electrons. The molecule has 3 atom stereocenters. The zero-order valence-electron chi connectivity index (χ0n) is 40.6. The fourth-order valence-corrected chi connectivity index (χ4v) is 13.7. The molecule has 72 heavy (non-hydrogen) atoms. The largest absolute Gasteiger partial charge is 0.481 e. The SMILES string of the molecule is CS(=O)(=O)N1CCC(C2c3ccc(Cl)cc3C=C(CCC(=O)N3CCC(Cn4ccnc4)C3)c3cccnc32)CC1.CS(=O)(=O)N1CCC(C2c3ccc(Cl)cc3C=C(CCC(=O)O)c3cccnc32)CC1. The van der Waals surface area contributed by atoms with Crippen molar-refractivity contribution in [3.8, 4) is 0 Å². The number of sulfonamides is 2. The van der Waals surface area contributed by atoms with Crippen molar-refractivity contribution in [1.29, 1.82) is 0 Å². The van der Waals surface area contributed by atoms with Crippen molar-refractivity contribution in [2.45, 2.75) is 76.2 Å². The number of carboxylic acids is 1. The summed E-state index contributed by atoms with van der Waals surface area (Å²) in [5.74, 6) is 0.262. The summed E-state index contributed by atoms with van der Waals surface area (Å²) in [4.78, 5) is 40.4. The maximum absolute atomic E-state index is 13.3. The Hall–Kier alpha value is -5.23. The van der Waals surface area contributed by atoms with Crippen LogP contribution in [0.4, 0.5) is 0 Å². The van der Waals surface area contributed by atoms with Gasteiger partial charge in [0.2, 0.25) is 26.0 Å². The van der Waals surface area contributed by atoms with Gasteiger partial charge in [-0.3, -0.25) is 19.6 Å². The highest BCUT2D eigenvalue weighted by Gasteiger charge is 2.38.